The van der Waals surface area contributed by atoms with Crippen LogP contribution in [0.5, 0.6) is 0 Å². The van der Waals surface area contributed by atoms with Crippen molar-refractivity contribution in [3.8, 4) is 0 Å². The molecule has 0 saturated heterocycles. The smallest absolute Gasteiger partial charge is 0.0276 e. The lowest BCUT2D eigenvalue weighted by atomic mass is 9.75. The SMILES string of the molecule is CCC(CC)(CNC1CC(c2cccc(C)c2)C1)SC. The highest BCUT2D eigenvalue weighted by Gasteiger charge is 2.32. The summed E-state index contributed by atoms with van der Waals surface area (Å²) in [5.41, 5.74) is 2.92. The first kappa shape index (κ1) is 15.9. The predicted octanol–water partition coefficient (Wildman–Crippen LogP) is 4.75. The Morgan fingerprint density at radius 1 is 1.25 bits per heavy atom. The zero-order valence-electron chi connectivity index (χ0n) is 13.4. The Bertz CT molecular complexity index is 411. The molecule has 0 aromatic heterocycles. The van der Waals surface area contributed by atoms with E-state index in [4.69, 9.17) is 0 Å². The van der Waals surface area contributed by atoms with Gasteiger partial charge < -0.3 is 5.32 Å². The number of benzene rings is 1. The highest BCUT2D eigenvalue weighted by molar-refractivity contribution is 8.00. The van der Waals surface area contributed by atoms with E-state index in [1.807, 2.05) is 11.8 Å². The van der Waals surface area contributed by atoms with Gasteiger partial charge in [-0.1, -0.05) is 43.7 Å². The van der Waals surface area contributed by atoms with Gasteiger partial charge >= 0.3 is 0 Å². The zero-order chi connectivity index (χ0) is 14.6. The van der Waals surface area contributed by atoms with E-state index in [1.54, 1.807) is 0 Å². The fourth-order valence-electron chi connectivity index (χ4n) is 3.17. The van der Waals surface area contributed by atoms with Crippen molar-refractivity contribution in [2.24, 2.45) is 0 Å². The van der Waals surface area contributed by atoms with E-state index in [0.29, 0.717) is 4.75 Å². The number of thioether (sulfide) groups is 1. The molecule has 0 aliphatic heterocycles. The molecular weight excluding hydrogens is 262 g/mol. The van der Waals surface area contributed by atoms with E-state index < -0.39 is 0 Å². The Hall–Kier alpha value is -0.470. The maximum Gasteiger partial charge on any atom is 0.0276 e. The van der Waals surface area contributed by atoms with Crippen LogP contribution in [0.1, 0.15) is 56.6 Å². The van der Waals surface area contributed by atoms with Crippen molar-refractivity contribution >= 4 is 11.8 Å². The van der Waals surface area contributed by atoms with Crippen LogP contribution in [0.15, 0.2) is 24.3 Å². The third-order valence-corrected chi connectivity index (χ3v) is 6.67. The number of aryl methyl sites for hydroxylation is 1. The van der Waals surface area contributed by atoms with Crippen LogP contribution in [-0.2, 0) is 0 Å². The highest BCUT2D eigenvalue weighted by Crippen LogP contribution is 2.38. The minimum atomic E-state index is 0.439. The highest BCUT2D eigenvalue weighted by atomic mass is 32.2. The number of rotatable bonds is 7. The Morgan fingerprint density at radius 3 is 2.50 bits per heavy atom. The summed E-state index contributed by atoms with van der Waals surface area (Å²) in [4.78, 5) is 0. The first-order chi connectivity index (χ1) is 9.62. The fourth-order valence-corrected chi connectivity index (χ4v) is 3.98. The first-order valence-electron chi connectivity index (χ1n) is 7.97. The predicted molar refractivity (Wildman–Crippen MR) is 91.8 cm³/mol. The van der Waals surface area contributed by atoms with E-state index in [0.717, 1.165) is 18.5 Å². The Balaban J connectivity index is 1.79. The van der Waals surface area contributed by atoms with E-state index in [9.17, 15) is 0 Å². The molecule has 1 aliphatic rings. The molecule has 1 saturated carbocycles. The number of hydrogen-bond acceptors (Lipinski definition) is 2. The molecule has 0 atom stereocenters. The number of hydrogen-bond donors (Lipinski definition) is 1. The Labute approximate surface area is 128 Å². The largest absolute Gasteiger partial charge is 0.313 e. The molecule has 0 heterocycles. The summed E-state index contributed by atoms with van der Waals surface area (Å²) in [5.74, 6) is 0.777. The average Bonchev–Trinajstić information content (AvgIpc) is 2.42. The van der Waals surface area contributed by atoms with Gasteiger partial charge in [0.1, 0.15) is 0 Å². The van der Waals surface area contributed by atoms with Gasteiger partial charge in [0.2, 0.25) is 0 Å². The van der Waals surface area contributed by atoms with Crippen LogP contribution in [-0.4, -0.2) is 23.6 Å². The molecule has 1 aliphatic carbocycles. The second-order valence-electron chi connectivity index (χ2n) is 6.25. The van der Waals surface area contributed by atoms with Crippen molar-refractivity contribution in [1.82, 2.24) is 5.32 Å². The van der Waals surface area contributed by atoms with Crippen LogP contribution in [0.2, 0.25) is 0 Å². The van der Waals surface area contributed by atoms with E-state index in [-0.39, 0.29) is 0 Å². The van der Waals surface area contributed by atoms with Gasteiger partial charge in [-0.3, -0.25) is 0 Å². The summed E-state index contributed by atoms with van der Waals surface area (Å²) in [6, 6.07) is 9.75. The van der Waals surface area contributed by atoms with Crippen molar-refractivity contribution in [2.75, 3.05) is 12.8 Å². The Kier molecular flexibility index (Phi) is 5.57. The van der Waals surface area contributed by atoms with Crippen LogP contribution in [0.25, 0.3) is 0 Å². The van der Waals surface area contributed by atoms with Crippen molar-refractivity contribution in [3.05, 3.63) is 35.4 Å². The lowest BCUT2D eigenvalue weighted by molar-refractivity contribution is 0.279. The van der Waals surface area contributed by atoms with Gasteiger partial charge in [0.15, 0.2) is 0 Å². The van der Waals surface area contributed by atoms with Crippen LogP contribution < -0.4 is 5.32 Å². The maximum absolute atomic E-state index is 3.81. The maximum atomic E-state index is 3.81. The lowest BCUT2D eigenvalue weighted by Gasteiger charge is -2.40. The molecule has 0 bridgehead atoms. The molecule has 1 aromatic rings. The summed E-state index contributed by atoms with van der Waals surface area (Å²) < 4.78 is 0.439. The van der Waals surface area contributed by atoms with Crippen molar-refractivity contribution in [3.63, 3.8) is 0 Å². The van der Waals surface area contributed by atoms with E-state index in [1.165, 1.54) is 36.8 Å². The molecule has 0 radical (unpaired) electrons. The van der Waals surface area contributed by atoms with Gasteiger partial charge in [-0.05, 0) is 50.3 Å². The van der Waals surface area contributed by atoms with Gasteiger partial charge in [-0.25, -0.2) is 0 Å². The van der Waals surface area contributed by atoms with Crippen molar-refractivity contribution in [1.29, 1.82) is 0 Å². The van der Waals surface area contributed by atoms with Gasteiger partial charge in [-0.15, -0.1) is 0 Å². The molecule has 2 rings (SSSR count). The fraction of sp³-hybridized carbons (Fsp3) is 0.667. The molecular formula is C18H29NS. The summed E-state index contributed by atoms with van der Waals surface area (Å²) in [6.07, 6.45) is 7.38. The van der Waals surface area contributed by atoms with Crippen LogP contribution in [0.3, 0.4) is 0 Å². The summed E-state index contributed by atoms with van der Waals surface area (Å²) in [7, 11) is 0. The second kappa shape index (κ2) is 7.00. The van der Waals surface area contributed by atoms with Gasteiger partial charge in [-0.2, -0.15) is 11.8 Å². The van der Waals surface area contributed by atoms with Crippen LogP contribution in [0, 0.1) is 6.92 Å². The van der Waals surface area contributed by atoms with Gasteiger partial charge in [0, 0.05) is 17.3 Å². The minimum Gasteiger partial charge on any atom is -0.313 e. The zero-order valence-corrected chi connectivity index (χ0v) is 14.2. The molecule has 0 amide bonds. The normalized spacial score (nSPS) is 22.6. The molecule has 1 aromatic carbocycles. The summed E-state index contributed by atoms with van der Waals surface area (Å²) >= 11 is 2.03. The monoisotopic (exact) mass is 291 g/mol. The quantitative estimate of drug-likeness (QED) is 0.778. The molecule has 112 valence electrons. The van der Waals surface area contributed by atoms with E-state index in [2.05, 4.69) is 56.6 Å². The average molecular weight is 292 g/mol. The molecule has 20 heavy (non-hydrogen) atoms. The van der Waals surface area contributed by atoms with Crippen molar-refractivity contribution < 1.29 is 0 Å². The van der Waals surface area contributed by atoms with Crippen LogP contribution >= 0.6 is 11.8 Å². The Morgan fingerprint density at radius 2 is 1.95 bits per heavy atom. The third-order valence-electron chi connectivity index (χ3n) is 5.09. The minimum absolute atomic E-state index is 0.439. The van der Waals surface area contributed by atoms with Gasteiger partial charge in [0.05, 0.1) is 0 Å². The molecule has 2 heteroatoms. The molecule has 1 fully saturated rings. The topological polar surface area (TPSA) is 12.0 Å². The molecule has 0 unspecified atom stereocenters. The van der Waals surface area contributed by atoms with E-state index >= 15 is 0 Å². The first-order valence-corrected chi connectivity index (χ1v) is 9.20. The van der Waals surface area contributed by atoms with Crippen LogP contribution in [0.4, 0.5) is 0 Å². The number of nitrogens with one attached hydrogen (secondary N) is 1. The molecule has 1 nitrogen and oxygen atoms in total. The summed E-state index contributed by atoms with van der Waals surface area (Å²) in [5, 5.41) is 3.81. The standard InChI is InChI=1S/C18H29NS/c1-5-18(6-2,20-4)13-19-17-11-16(12-17)15-9-7-8-14(3)10-15/h7-10,16-17,19H,5-6,11-13H2,1-4H3. The summed E-state index contributed by atoms with van der Waals surface area (Å²) in [6.45, 7) is 7.98. The lowest BCUT2D eigenvalue weighted by Crippen LogP contribution is -2.46. The van der Waals surface area contributed by atoms with Gasteiger partial charge in [0.25, 0.3) is 0 Å². The third kappa shape index (κ3) is 3.59. The molecule has 0 spiro atoms. The molecule has 1 N–H and O–H groups in total. The second-order valence-corrected chi connectivity index (χ2v) is 7.53. The van der Waals surface area contributed by atoms with Crippen molar-refractivity contribution in [2.45, 2.75) is 63.2 Å².